The zero-order valence-corrected chi connectivity index (χ0v) is 53.4. The largest absolute Gasteiger partial charge is 0.481 e. The normalized spacial score (nSPS) is 21.1. The Morgan fingerprint density at radius 2 is 0.543 bits per heavy atom. The van der Waals surface area contributed by atoms with Crippen molar-refractivity contribution < 1.29 is 97.6 Å². The molecular formula is C66H92N8O20. The highest BCUT2D eigenvalue weighted by Gasteiger charge is 2.42. The number of amides is 4. The number of aliphatic carboxylic acids is 6. The average Bonchev–Trinajstić information content (AvgIpc) is 0.845. The van der Waals surface area contributed by atoms with Crippen LogP contribution in [0.1, 0.15) is 114 Å². The summed E-state index contributed by atoms with van der Waals surface area (Å²) < 4.78 is 11.0. The van der Waals surface area contributed by atoms with E-state index in [0.717, 1.165) is 36.8 Å². The molecule has 0 aromatic heterocycles. The molecule has 6 aliphatic rings. The van der Waals surface area contributed by atoms with E-state index in [0.29, 0.717) is 103 Å². The van der Waals surface area contributed by atoms with E-state index in [1.54, 1.807) is 39.2 Å². The van der Waals surface area contributed by atoms with Crippen LogP contribution in [-0.4, -0.2) is 270 Å². The number of hydrogen-bond donors (Lipinski definition) is 6. The third kappa shape index (κ3) is 22.6. The Kier molecular flexibility index (Phi) is 28.5. The molecule has 94 heavy (non-hydrogen) atoms. The standard InChI is InChI=1S/C40H52N4O10.C26H40N4O10/c45-35(41-19-15-31(16-20-41)39(51)53-27-29-9-3-1-4-10-29)23-43(25-37(47)48)33-13-7-8-14-34(33)44(26-38(49)50)24-36(46)42-21-17-32(18-22-42)40(52)54-28-30-11-5-2-6-12-30;31-21(27-9-5-17(6-10-27)25(37)38)13-29(15-23(33)34)19-3-1-2-4-20(19)30(16-24(35)36)14-22(32)28-11-7-18(8-12-28)26(39)40/h1-6,9-12,31-34H,7-8,13-28H2,(H,47,48)(H,49,50);17-20H,1-16H2,(H,33,34)(H,35,36)(H,37,38)(H,39,40). The lowest BCUT2D eigenvalue weighted by Gasteiger charge is -2.45. The first kappa shape index (κ1) is 73.3. The first-order valence-corrected chi connectivity index (χ1v) is 32.8. The zero-order chi connectivity index (χ0) is 67.8. The zero-order valence-electron chi connectivity index (χ0n) is 53.4. The number of ether oxygens (including phenoxy) is 2. The van der Waals surface area contributed by atoms with E-state index in [4.69, 9.17) is 9.47 Å². The minimum Gasteiger partial charge on any atom is -0.481 e. The molecule has 4 amide bonds. The number of piperidine rings is 4. The molecule has 28 nitrogen and oxygen atoms in total. The van der Waals surface area contributed by atoms with Crippen molar-refractivity contribution in [2.24, 2.45) is 23.7 Å². The highest BCUT2D eigenvalue weighted by atomic mass is 16.5. The summed E-state index contributed by atoms with van der Waals surface area (Å²) >= 11 is 0. The summed E-state index contributed by atoms with van der Waals surface area (Å²) in [7, 11) is 0. The molecule has 4 heterocycles. The molecule has 2 aromatic rings. The number of carbonyl (C=O) groups excluding carboxylic acids is 6. The molecular weight excluding hydrogens is 1220 g/mol. The molecule has 6 N–H and O–H groups in total. The van der Waals surface area contributed by atoms with Gasteiger partial charge in [0.05, 0.1) is 76.0 Å². The second-order valence-electron chi connectivity index (χ2n) is 25.5. The Morgan fingerprint density at radius 1 is 0.319 bits per heavy atom. The molecule has 4 atom stereocenters. The Morgan fingerprint density at radius 3 is 0.755 bits per heavy atom. The van der Waals surface area contributed by atoms with Gasteiger partial charge < -0.3 is 59.7 Å². The molecule has 28 heteroatoms. The summed E-state index contributed by atoms with van der Waals surface area (Å²) in [6, 6.07) is 16.9. The molecule has 0 bridgehead atoms. The topological polar surface area (TPSA) is 371 Å². The van der Waals surface area contributed by atoms with Crippen molar-refractivity contribution in [1.82, 2.24) is 39.2 Å². The SMILES string of the molecule is O=C(O)CN(CC(=O)N1CCC(C(=O)O)CC1)C1CCCCC1N(CC(=O)O)CC(=O)N1CCC(C(=O)O)CC1.O=C(O)CN(CC(=O)N1CCC(C(=O)OCc2ccccc2)CC1)C1CCCCC1N(CC(=O)O)CC(=O)N1CCC(C(=O)OCc2ccccc2)CC1. The molecule has 0 spiro atoms. The van der Waals surface area contributed by atoms with Gasteiger partial charge in [0, 0.05) is 76.5 Å². The van der Waals surface area contributed by atoms with Crippen LogP contribution in [0.2, 0.25) is 0 Å². The maximum absolute atomic E-state index is 13.6. The molecule has 4 saturated heterocycles. The van der Waals surface area contributed by atoms with Crippen molar-refractivity contribution in [1.29, 1.82) is 0 Å². The first-order valence-electron chi connectivity index (χ1n) is 32.8. The van der Waals surface area contributed by atoms with Gasteiger partial charge >= 0.3 is 47.8 Å². The number of likely N-dealkylation sites (tertiary alicyclic amines) is 4. The van der Waals surface area contributed by atoms with Crippen molar-refractivity contribution in [3.05, 3.63) is 71.8 Å². The molecule has 4 unspecified atom stereocenters. The predicted molar refractivity (Wildman–Crippen MR) is 334 cm³/mol. The summed E-state index contributed by atoms with van der Waals surface area (Å²) in [5, 5.41) is 57.5. The number of carboxylic acids is 6. The fraction of sp³-hybridized carbons (Fsp3) is 0.636. The average molecular weight is 1320 g/mol. The maximum atomic E-state index is 13.6. The van der Waals surface area contributed by atoms with Crippen LogP contribution in [0.4, 0.5) is 0 Å². The third-order valence-corrected chi connectivity index (χ3v) is 19.2. The summed E-state index contributed by atoms with van der Waals surface area (Å²) in [4.78, 5) is 162. The van der Waals surface area contributed by atoms with Gasteiger partial charge in [0.2, 0.25) is 23.6 Å². The minimum atomic E-state index is -1.14. The molecule has 0 radical (unpaired) electrons. The third-order valence-electron chi connectivity index (χ3n) is 19.2. The fourth-order valence-electron chi connectivity index (χ4n) is 14.0. The number of carbonyl (C=O) groups is 12. The van der Waals surface area contributed by atoms with Gasteiger partial charge in [-0.25, -0.2) is 0 Å². The number of esters is 2. The molecule has 2 saturated carbocycles. The van der Waals surface area contributed by atoms with E-state index in [1.807, 2.05) is 60.7 Å². The summed E-state index contributed by atoms with van der Waals surface area (Å²) in [6.07, 6.45) is 8.23. The van der Waals surface area contributed by atoms with Crippen LogP contribution in [0.25, 0.3) is 0 Å². The number of nitrogens with zero attached hydrogens (tertiary/aromatic N) is 8. The number of benzene rings is 2. The quantitative estimate of drug-likeness (QED) is 0.0667. The number of carboxylic acid groups (broad SMARTS) is 6. The molecule has 4 aliphatic heterocycles. The van der Waals surface area contributed by atoms with E-state index < -0.39 is 98.0 Å². The van der Waals surface area contributed by atoms with E-state index >= 15 is 0 Å². The van der Waals surface area contributed by atoms with Gasteiger partial charge in [-0.15, -0.1) is 0 Å². The molecule has 516 valence electrons. The second kappa shape index (κ2) is 36.5. The predicted octanol–water partition coefficient (Wildman–Crippen LogP) is 2.75. The van der Waals surface area contributed by atoms with Crippen LogP contribution in [-0.2, 0) is 80.2 Å². The van der Waals surface area contributed by atoms with Crippen molar-refractivity contribution in [3.8, 4) is 0 Å². The van der Waals surface area contributed by atoms with Crippen LogP contribution >= 0.6 is 0 Å². The maximum Gasteiger partial charge on any atom is 0.317 e. The highest BCUT2D eigenvalue weighted by molar-refractivity contribution is 5.83. The molecule has 2 aliphatic carbocycles. The summed E-state index contributed by atoms with van der Waals surface area (Å²) in [5.41, 5.74) is 1.78. The lowest BCUT2D eigenvalue weighted by atomic mass is 9.87. The van der Waals surface area contributed by atoms with Gasteiger partial charge in [-0.05, 0) is 88.2 Å². The van der Waals surface area contributed by atoms with Crippen molar-refractivity contribution in [2.45, 2.75) is 140 Å². The number of hydrogen-bond acceptors (Lipinski definition) is 18. The number of rotatable bonds is 28. The minimum absolute atomic E-state index is 0.181. The summed E-state index contributed by atoms with van der Waals surface area (Å²) in [5.74, 6) is -9.74. The van der Waals surface area contributed by atoms with Crippen LogP contribution in [0, 0.1) is 23.7 Å². The highest BCUT2D eigenvalue weighted by Crippen LogP contribution is 2.32. The van der Waals surface area contributed by atoms with E-state index in [2.05, 4.69) is 0 Å². The van der Waals surface area contributed by atoms with Crippen molar-refractivity contribution in [2.75, 3.05) is 105 Å². The second-order valence-corrected chi connectivity index (χ2v) is 25.5. The van der Waals surface area contributed by atoms with E-state index in [-0.39, 0.29) is 113 Å². The van der Waals surface area contributed by atoms with Crippen LogP contribution in [0.3, 0.4) is 0 Å². The van der Waals surface area contributed by atoms with Gasteiger partial charge in [0.25, 0.3) is 0 Å². The first-order chi connectivity index (χ1) is 45.0. The summed E-state index contributed by atoms with van der Waals surface area (Å²) in [6.45, 7) is 0.283. The van der Waals surface area contributed by atoms with Gasteiger partial charge in [0.15, 0.2) is 0 Å². The van der Waals surface area contributed by atoms with Crippen molar-refractivity contribution >= 4 is 71.4 Å². The Balaban J connectivity index is 0.000000278. The lowest BCUT2D eigenvalue weighted by molar-refractivity contribution is -0.154. The Labute approximate surface area is 546 Å². The van der Waals surface area contributed by atoms with Crippen LogP contribution in [0.15, 0.2) is 60.7 Å². The van der Waals surface area contributed by atoms with Gasteiger partial charge in [0.1, 0.15) is 13.2 Å². The van der Waals surface area contributed by atoms with Gasteiger partial charge in [-0.1, -0.05) is 86.3 Å². The Bertz CT molecular complexity index is 2720. The monoisotopic (exact) mass is 1320 g/mol. The molecule has 8 rings (SSSR count). The molecule has 2 aromatic carbocycles. The van der Waals surface area contributed by atoms with Crippen LogP contribution < -0.4 is 0 Å². The van der Waals surface area contributed by atoms with Crippen LogP contribution in [0.5, 0.6) is 0 Å². The molecule has 6 fully saturated rings. The Hall–Kier alpha value is -8.08. The lowest BCUT2D eigenvalue weighted by Crippen LogP contribution is -2.59. The smallest absolute Gasteiger partial charge is 0.317 e. The van der Waals surface area contributed by atoms with E-state index in [9.17, 15) is 88.2 Å². The van der Waals surface area contributed by atoms with Gasteiger partial charge in [-0.2, -0.15) is 0 Å². The fourth-order valence-corrected chi connectivity index (χ4v) is 14.0. The van der Waals surface area contributed by atoms with Crippen molar-refractivity contribution in [3.63, 3.8) is 0 Å². The van der Waals surface area contributed by atoms with Gasteiger partial charge in [-0.3, -0.25) is 77.1 Å². The van der Waals surface area contributed by atoms with E-state index in [1.165, 1.54) is 0 Å².